The van der Waals surface area contributed by atoms with Crippen molar-refractivity contribution in [2.45, 2.75) is 6.42 Å². The van der Waals surface area contributed by atoms with Crippen LogP contribution >= 0.6 is 0 Å². The molecule has 2 heterocycles. The molecule has 0 bridgehead atoms. The van der Waals surface area contributed by atoms with Gasteiger partial charge in [-0.3, -0.25) is 4.79 Å². The third kappa shape index (κ3) is 2.62. The molecular formula is C21H21N3O2. The highest BCUT2D eigenvalue weighted by Crippen LogP contribution is 2.31. The first-order valence-electron chi connectivity index (χ1n) is 8.53. The van der Waals surface area contributed by atoms with Crippen molar-refractivity contribution in [3.05, 3.63) is 60.4 Å². The van der Waals surface area contributed by atoms with Crippen LogP contribution < -0.4 is 4.74 Å². The molecule has 0 atom stereocenters. The fourth-order valence-corrected chi connectivity index (χ4v) is 3.32. The van der Waals surface area contributed by atoms with Gasteiger partial charge in [-0.2, -0.15) is 0 Å². The van der Waals surface area contributed by atoms with Gasteiger partial charge >= 0.3 is 0 Å². The molecule has 5 nitrogen and oxygen atoms in total. The van der Waals surface area contributed by atoms with E-state index in [1.54, 1.807) is 26.1 Å². The summed E-state index contributed by atoms with van der Waals surface area (Å²) in [5.41, 5.74) is 4.19. The Hall–Kier alpha value is -3.21. The van der Waals surface area contributed by atoms with Crippen LogP contribution in [0.1, 0.15) is 5.56 Å². The van der Waals surface area contributed by atoms with Crippen molar-refractivity contribution in [3.8, 4) is 11.4 Å². The van der Waals surface area contributed by atoms with Crippen LogP contribution in [0.4, 0.5) is 0 Å². The zero-order valence-electron chi connectivity index (χ0n) is 15.1. The number of ether oxygens (including phenoxy) is 1. The smallest absolute Gasteiger partial charge is 0.226 e. The lowest BCUT2D eigenvalue weighted by Gasteiger charge is -2.09. The molecule has 0 radical (unpaired) electrons. The molecule has 4 rings (SSSR count). The highest BCUT2D eigenvalue weighted by Gasteiger charge is 2.16. The number of nitrogens with one attached hydrogen (secondary N) is 1. The number of methoxy groups -OCH3 is 1. The molecule has 2 aromatic carbocycles. The first-order valence-corrected chi connectivity index (χ1v) is 8.53. The number of amides is 1. The maximum Gasteiger partial charge on any atom is 0.226 e. The van der Waals surface area contributed by atoms with Gasteiger partial charge in [-0.05, 0) is 29.8 Å². The number of hydrogen-bond donors (Lipinski definition) is 1. The standard InChI is InChI=1S/C21H21N3O2/c1-23(2)21(25)10-14-13-24(19-7-5-4-6-16(14)19)20-12-22-18-9-8-15(26-3)11-17(18)20/h4-9,11-13,22H,10H2,1-3H3. The zero-order chi connectivity index (χ0) is 18.3. The summed E-state index contributed by atoms with van der Waals surface area (Å²) in [4.78, 5) is 17.2. The Kier molecular flexibility index (Phi) is 3.92. The van der Waals surface area contributed by atoms with E-state index in [4.69, 9.17) is 4.74 Å². The number of H-pyrrole nitrogens is 1. The summed E-state index contributed by atoms with van der Waals surface area (Å²) in [5, 5.41) is 2.18. The first-order chi connectivity index (χ1) is 12.6. The number of carbonyl (C=O) groups excluding carboxylic acids is 1. The summed E-state index contributed by atoms with van der Waals surface area (Å²) < 4.78 is 7.53. The number of aromatic amines is 1. The summed E-state index contributed by atoms with van der Waals surface area (Å²) in [5.74, 6) is 0.909. The number of aromatic nitrogens is 2. The first kappa shape index (κ1) is 16.3. The Morgan fingerprint density at radius 2 is 1.96 bits per heavy atom. The van der Waals surface area contributed by atoms with E-state index in [2.05, 4.69) is 27.9 Å². The van der Waals surface area contributed by atoms with Gasteiger partial charge in [-0.25, -0.2) is 0 Å². The van der Waals surface area contributed by atoms with Gasteiger partial charge < -0.3 is 19.2 Å². The van der Waals surface area contributed by atoms with Gasteiger partial charge in [-0.1, -0.05) is 18.2 Å². The van der Waals surface area contributed by atoms with Gasteiger partial charge in [0, 0.05) is 42.8 Å². The number of rotatable bonds is 4. The fraction of sp³-hybridized carbons (Fsp3) is 0.190. The van der Waals surface area contributed by atoms with E-state index in [1.165, 1.54) is 0 Å². The predicted molar refractivity (Wildman–Crippen MR) is 104 cm³/mol. The highest BCUT2D eigenvalue weighted by molar-refractivity contribution is 5.95. The SMILES string of the molecule is COc1ccc2[nH]cc(-n3cc(CC(=O)N(C)C)c4ccccc43)c2c1. The van der Waals surface area contributed by atoms with Crippen LogP contribution in [0.2, 0.25) is 0 Å². The largest absolute Gasteiger partial charge is 0.497 e. The molecule has 2 aromatic heterocycles. The Bertz CT molecular complexity index is 1110. The van der Waals surface area contributed by atoms with E-state index < -0.39 is 0 Å². The second-order valence-corrected chi connectivity index (χ2v) is 6.59. The number of hydrogen-bond acceptors (Lipinski definition) is 2. The number of benzene rings is 2. The third-order valence-corrected chi connectivity index (χ3v) is 4.76. The summed E-state index contributed by atoms with van der Waals surface area (Å²) in [6, 6.07) is 14.2. The average Bonchev–Trinajstić information content (AvgIpc) is 3.22. The maximum absolute atomic E-state index is 12.2. The van der Waals surface area contributed by atoms with Gasteiger partial charge in [0.05, 0.1) is 24.7 Å². The molecule has 0 aliphatic carbocycles. The van der Waals surface area contributed by atoms with Crippen molar-refractivity contribution in [3.63, 3.8) is 0 Å². The van der Waals surface area contributed by atoms with Gasteiger partial charge in [0.2, 0.25) is 5.91 Å². The van der Waals surface area contributed by atoms with Gasteiger partial charge in [0.25, 0.3) is 0 Å². The van der Waals surface area contributed by atoms with Crippen molar-refractivity contribution in [1.82, 2.24) is 14.5 Å². The fourth-order valence-electron chi connectivity index (χ4n) is 3.32. The molecule has 0 spiro atoms. The van der Waals surface area contributed by atoms with Crippen LogP contribution in [0.25, 0.3) is 27.5 Å². The highest BCUT2D eigenvalue weighted by atomic mass is 16.5. The van der Waals surface area contributed by atoms with Crippen LogP contribution in [-0.4, -0.2) is 41.6 Å². The van der Waals surface area contributed by atoms with Crippen LogP contribution in [-0.2, 0) is 11.2 Å². The molecule has 26 heavy (non-hydrogen) atoms. The maximum atomic E-state index is 12.2. The molecular weight excluding hydrogens is 326 g/mol. The van der Waals surface area contributed by atoms with Crippen molar-refractivity contribution in [2.75, 3.05) is 21.2 Å². The zero-order valence-corrected chi connectivity index (χ0v) is 15.1. The normalized spacial score (nSPS) is 11.2. The van der Waals surface area contributed by atoms with Gasteiger partial charge in [0.15, 0.2) is 0 Å². The number of likely N-dealkylation sites (N-methyl/N-ethyl adjacent to an activating group) is 1. The summed E-state index contributed by atoms with van der Waals surface area (Å²) in [6.07, 6.45) is 4.44. The van der Waals surface area contributed by atoms with Crippen molar-refractivity contribution >= 4 is 27.7 Å². The minimum Gasteiger partial charge on any atom is -0.497 e. The van der Waals surface area contributed by atoms with Crippen LogP contribution in [0, 0.1) is 0 Å². The second-order valence-electron chi connectivity index (χ2n) is 6.59. The lowest BCUT2D eigenvalue weighted by Crippen LogP contribution is -2.23. The Morgan fingerprint density at radius 1 is 1.15 bits per heavy atom. The molecule has 0 aliphatic rings. The van der Waals surface area contributed by atoms with E-state index >= 15 is 0 Å². The molecule has 1 amide bonds. The van der Waals surface area contributed by atoms with Crippen LogP contribution in [0.15, 0.2) is 54.9 Å². The lowest BCUT2D eigenvalue weighted by atomic mass is 10.1. The summed E-state index contributed by atoms with van der Waals surface area (Å²) in [7, 11) is 5.24. The lowest BCUT2D eigenvalue weighted by molar-refractivity contribution is -0.127. The molecule has 0 unspecified atom stereocenters. The summed E-state index contributed by atoms with van der Waals surface area (Å²) in [6.45, 7) is 0. The Labute approximate surface area is 151 Å². The number of para-hydroxylation sites is 1. The molecule has 1 N–H and O–H groups in total. The van der Waals surface area contributed by atoms with Gasteiger partial charge in [0.1, 0.15) is 5.75 Å². The number of carbonyl (C=O) groups is 1. The number of fused-ring (bicyclic) bond motifs is 2. The van der Waals surface area contributed by atoms with E-state index in [0.717, 1.165) is 38.8 Å². The minimum absolute atomic E-state index is 0.0912. The Balaban J connectivity index is 1.91. The predicted octanol–water partition coefficient (Wildman–Crippen LogP) is 3.75. The molecule has 0 saturated heterocycles. The number of nitrogens with zero attached hydrogens (tertiary/aromatic N) is 2. The van der Waals surface area contributed by atoms with E-state index in [1.807, 2.05) is 36.5 Å². The Morgan fingerprint density at radius 3 is 2.73 bits per heavy atom. The van der Waals surface area contributed by atoms with Crippen molar-refractivity contribution in [1.29, 1.82) is 0 Å². The molecule has 132 valence electrons. The van der Waals surface area contributed by atoms with Gasteiger partial charge in [-0.15, -0.1) is 0 Å². The van der Waals surface area contributed by atoms with Crippen molar-refractivity contribution in [2.24, 2.45) is 0 Å². The molecule has 4 aromatic rings. The monoisotopic (exact) mass is 347 g/mol. The van der Waals surface area contributed by atoms with Crippen LogP contribution in [0.3, 0.4) is 0 Å². The van der Waals surface area contributed by atoms with Crippen LogP contribution in [0.5, 0.6) is 5.75 Å². The minimum atomic E-state index is 0.0912. The molecule has 0 saturated carbocycles. The van der Waals surface area contributed by atoms with Crippen molar-refractivity contribution < 1.29 is 9.53 Å². The molecule has 0 aliphatic heterocycles. The average molecular weight is 347 g/mol. The van der Waals surface area contributed by atoms with E-state index in [0.29, 0.717) is 6.42 Å². The topological polar surface area (TPSA) is 50.3 Å². The molecule has 0 fully saturated rings. The molecule has 5 heteroatoms. The van der Waals surface area contributed by atoms with E-state index in [-0.39, 0.29) is 5.91 Å². The summed E-state index contributed by atoms with van der Waals surface area (Å²) >= 11 is 0. The second kappa shape index (κ2) is 6.26. The third-order valence-electron chi connectivity index (χ3n) is 4.76. The van der Waals surface area contributed by atoms with E-state index in [9.17, 15) is 4.79 Å². The quantitative estimate of drug-likeness (QED) is 0.611.